The van der Waals surface area contributed by atoms with Crippen molar-refractivity contribution < 1.29 is 9.53 Å². The molecular formula is C12H23N3O2. The zero-order valence-electron chi connectivity index (χ0n) is 10.7. The summed E-state index contributed by atoms with van der Waals surface area (Å²) in [7, 11) is 0. The molecule has 5 heteroatoms. The highest BCUT2D eigenvalue weighted by Crippen LogP contribution is 2.20. The molecule has 1 saturated heterocycles. The molecule has 2 fully saturated rings. The minimum Gasteiger partial charge on any atom is -0.373 e. The van der Waals surface area contributed by atoms with Gasteiger partial charge in [-0.25, -0.2) is 0 Å². The highest BCUT2D eigenvalue weighted by molar-refractivity contribution is 5.80. The van der Waals surface area contributed by atoms with Crippen LogP contribution in [0.1, 0.15) is 26.7 Å². The third kappa shape index (κ3) is 3.94. The van der Waals surface area contributed by atoms with Gasteiger partial charge in [0.25, 0.3) is 0 Å². The smallest absolute Gasteiger partial charge is 0.235 e. The van der Waals surface area contributed by atoms with Gasteiger partial charge in [0.2, 0.25) is 5.91 Å². The number of rotatable bonds is 5. The Labute approximate surface area is 103 Å². The molecule has 1 aliphatic carbocycles. The highest BCUT2D eigenvalue weighted by atomic mass is 16.5. The normalized spacial score (nSPS) is 32.4. The molecule has 1 unspecified atom stereocenters. The molecule has 0 aromatic carbocycles. The average Bonchev–Trinajstić information content (AvgIpc) is 2.98. The van der Waals surface area contributed by atoms with Crippen molar-refractivity contribution in [2.24, 2.45) is 5.73 Å². The van der Waals surface area contributed by atoms with Crippen LogP contribution in [0.5, 0.6) is 0 Å². The lowest BCUT2D eigenvalue weighted by molar-refractivity contribution is -0.122. The number of morpholine rings is 1. The van der Waals surface area contributed by atoms with E-state index in [9.17, 15) is 4.79 Å². The van der Waals surface area contributed by atoms with Gasteiger partial charge >= 0.3 is 0 Å². The van der Waals surface area contributed by atoms with Crippen LogP contribution in [0.25, 0.3) is 0 Å². The van der Waals surface area contributed by atoms with Crippen molar-refractivity contribution in [2.45, 2.75) is 51.0 Å². The van der Waals surface area contributed by atoms with Crippen LogP contribution >= 0.6 is 0 Å². The molecule has 3 N–H and O–H groups in total. The summed E-state index contributed by atoms with van der Waals surface area (Å²) in [5.41, 5.74) is 5.44. The quantitative estimate of drug-likeness (QED) is 0.693. The molecule has 1 heterocycles. The second kappa shape index (κ2) is 5.33. The van der Waals surface area contributed by atoms with Gasteiger partial charge in [-0.15, -0.1) is 0 Å². The molecule has 1 saturated carbocycles. The molecule has 0 aromatic heterocycles. The lowest BCUT2D eigenvalue weighted by Crippen LogP contribution is -2.54. The van der Waals surface area contributed by atoms with Crippen LogP contribution in [-0.4, -0.2) is 54.7 Å². The summed E-state index contributed by atoms with van der Waals surface area (Å²) in [5, 5.41) is 3.31. The Morgan fingerprint density at radius 2 is 2.00 bits per heavy atom. The maximum absolute atomic E-state index is 11.4. The first-order valence-corrected chi connectivity index (χ1v) is 6.47. The van der Waals surface area contributed by atoms with E-state index in [4.69, 9.17) is 10.5 Å². The lowest BCUT2D eigenvalue weighted by atomic mass is 10.2. The highest BCUT2D eigenvalue weighted by Gasteiger charge is 2.30. The molecule has 0 radical (unpaired) electrons. The monoisotopic (exact) mass is 241 g/mol. The molecule has 0 spiro atoms. The Bertz CT molecular complexity index is 271. The minimum absolute atomic E-state index is 0.222. The maximum atomic E-state index is 11.4. The number of primary amides is 1. The van der Waals surface area contributed by atoms with Crippen molar-refractivity contribution >= 4 is 5.91 Å². The number of nitrogens with two attached hydrogens (primary N) is 1. The number of hydrogen-bond acceptors (Lipinski definition) is 4. The van der Waals surface area contributed by atoms with Crippen LogP contribution in [-0.2, 0) is 9.53 Å². The minimum atomic E-state index is -0.247. The molecule has 3 atom stereocenters. The molecule has 1 aliphatic heterocycles. The first-order chi connectivity index (χ1) is 8.04. The van der Waals surface area contributed by atoms with Crippen molar-refractivity contribution in [3.05, 3.63) is 0 Å². The topological polar surface area (TPSA) is 67.6 Å². The average molecular weight is 241 g/mol. The largest absolute Gasteiger partial charge is 0.373 e. The zero-order chi connectivity index (χ0) is 12.4. The maximum Gasteiger partial charge on any atom is 0.235 e. The van der Waals surface area contributed by atoms with Crippen LogP contribution in [0.4, 0.5) is 0 Å². The van der Waals surface area contributed by atoms with E-state index in [1.807, 2.05) is 0 Å². The summed E-state index contributed by atoms with van der Waals surface area (Å²) in [6.45, 7) is 6.58. The number of carbonyl (C=O) groups excluding carboxylic acids is 1. The predicted octanol–water partition coefficient (Wildman–Crippen LogP) is -0.298. The summed E-state index contributed by atoms with van der Waals surface area (Å²) in [6.07, 6.45) is 2.79. The standard InChI is InChI=1S/C12H23N3O2/c1-8-5-15(6-9(2)17-8)7-11(12(13)16)14-10-3-4-10/h8-11,14H,3-7H2,1-2H3,(H2,13,16)/t8-,9+,11?. The Kier molecular flexibility index (Phi) is 4.01. The van der Waals surface area contributed by atoms with Gasteiger partial charge < -0.3 is 15.8 Å². The first kappa shape index (κ1) is 12.8. The molecule has 5 nitrogen and oxygen atoms in total. The fourth-order valence-corrected chi connectivity index (χ4v) is 2.45. The second-order valence-electron chi connectivity index (χ2n) is 5.37. The van der Waals surface area contributed by atoms with Gasteiger partial charge in [-0.05, 0) is 26.7 Å². The predicted molar refractivity (Wildman–Crippen MR) is 65.6 cm³/mol. The second-order valence-corrected chi connectivity index (χ2v) is 5.37. The van der Waals surface area contributed by atoms with Gasteiger partial charge in [-0.2, -0.15) is 0 Å². The Morgan fingerprint density at radius 1 is 1.41 bits per heavy atom. The summed E-state index contributed by atoms with van der Waals surface area (Å²) in [4.78, 5) is 13.7. The van der Waals surface area contributed by atoms with Crippen molar-refractivity contribution in [3.8, 4) is 0 Å². The van der Waals surface area contributed by atoms with Gasteiger partial charge in [-0.1, -0.05) is 0 Å². The third-order valence-electron chi connectivity index (χ3n) is 3.29. The fourth-order valence-electron chi connectivity index (χ4n) is 2.45. The molecular weight excluding hydrogens is 218 g/mol. The van der Waals surface area contributed by atoms with Crippen LogP contribution in [0, 0.1) is 0 Å². The molecule has 0 bridgehead atoms. The van der Waals surface area contributed by atoms with Crippen molar-refractivity contribution in [3.63, 3.8) is 0 Å². The molecule has 1 amide bonds. The van der Waals surface area contributed by atoms with Gasteiger partial charge in [0.05, 0.1) is 18.2 Å². The summed E-state index contributed by atoms with van der Waals surface area (Å²) in [5.74, 6) is -0.247. The Balaban J connectivity index is 1.85. The van der Waals surface area contributed by atoms with Crippen LogP contribution in [0.15, 0.2) is 0 Å². The number of ether oxygens (including phenoxy) is 1. The van der Waals surface area contributed by atoms with E-state index in [2.05, 4.69) is 24.1 Å². The summed E-state index contributed by atoms with van der Waals surface area (Å²) < 4.78 is 5.67. The van der Waals surface area contributed by atoms with E-state index < -0.39 is 0 Å². The molecule has 17 heavy (non-hydrogen) atoms. The first-order valence-electron chi connectivity index (χ1n) is 6.47. The SMILES string of the molecule is C[C@@H]1CN(CC(NC2CC2)C(N)=O)C[C@H](C)O1. The van der Waals surface area contributed by atoms with E-state index in [1.165, 1.54) is 12.8 Å². The summed E-state index contributed by atoms with van der Waals surface area (Å²) in [6, 6.07) is 0.281. The van der Waals surface area contributed by atoms with Gasteiger partial charge in [0, 0.05) is 25.7 Å². The number of nitrogens with zero attached hydrogens (tertiary/aromatic N) is 1. The van der Waals surface area contributed by atoms with Crippen molar-refractivity contribution in [2.75, 3.05) is 19.6 Å². The number of amides is 1. The fraction of sp³-hybridized carbons (Fsp3) is 0.917. The zero-order valence-corrected chi connectivity index (χ0v) is 10.7. The van der Waals surface area contributed by atoms with Gasteiger partial charge in [0.1, 0.15) is 0 Å². The number of carbonyl (C=O) groups is 1. The molecule has 2 aliphatic rings. The Morgan fingerprint density at radius 3 is 2.47 bits per heavy atom. The van der Waals surface area contributed by atoms with E-state index in [0.717, 1.165) is 13.1 Å². The lowest BCUT2D eigenvalue weighted by Gasteiger charge is -2.36. The van der Waals surface area contributed by atoms with Crippen LogP contribution < -0.4 is 11.1 Å². The number of hydrogen-bond donors (Lipinski definition) is 2. The molecule has 98 valence electrons. The molecule has 2 rings (SSSR count). The van der Waals surface area contributed by atoms with Crippen molar-refractivity contribution in [1.29, 1.82) is 0 Å². The Hall–Kier alpha value is -0.650. The van der Waals surface area contributed by atoms with E-state index in [1.54, 1.807) is 0 Å². The van der Waals surface area contributed by atoms with E-state index >= 15 is 0 Å². The summed E-state index contributed by atoms with van der Waals surface area (Å²) >= 11 is 0. The molecule has 0 aromatic rings. The van der Waals surface area contributed by atoms with Crippen LogP contribution in [0.2, 0.25) is 0 Å². The van der Waals surface area contributed by atoms with E-state index in [-0.39, 0.29) is 24.2 Å². The third-order valence-corrected chi connectivity index (χ3v) is 3.29. The van der Waals surface area contributed by atoms with E-state index in [0.29, 0.717) is 12.6 Å². The van der Waals surface area contributed by atoms with Gasteiger partial charge in [0.15, 0.2) is 0 Å². The van der Waals surface area contributed by atoms with Crippen molar-refractivity contribution in [1.82, 2.24) is 10.2 Å². The van der Waals surface area contributed by atoms with Crippen LogP contribution in [0.3, 0.4) is 0 Å². The van der Waals surface area contributed by atoms with Gasteiger partial charge in [-0.3, -0.25) is 9.69 Å². The number of nitrogens with one attached hydrogen (secondary N) is 1.